The van der Waals surface area contributed by atoms with Crippen molar-refractivity contribution in [3.05, 3.63) is 0 Å². The predicted octanol–water partition coefficient (Wildman–Crippen LogP) is 2.05. The molecular formula is C13H26IN3OS. The van der Waals surface area contributed by atoms with Gasteiger partial charge in [-0.2, -0.15) is 11.8 Å². The number of aliphatic imine (C=N–C) groups is 1. The Morgan fingerprint density at radius 2 is 2.32 bits per heavy atom. The van der Waals surface area contributed by atoms with Gasteiger partial charge in [-0.3, -0.25) is 4.99 Å². The van der Waals surface area contributed by atoms with E-state index in [-0.39, 0.29) is 24.0 Å². The predicted molar refractivity (Wildman–Crippen MR) is 93.8 cm³/mol. The molecule has 0 aliphatic carbocycles. The summed E-state index contributed by atoms with van der Waals surface area (Å²) in [6.45, 7) is 5.12. The van der Waals surface area contributed by atoms with Crippen LogP contribution in [-0.4, -0.2) is 62.8 Å². The number of thioether (sulfide) groups is 1. The summed E-state index contributed by atoms with van der Waals surface area (Å²) >= 11 is 1.90. The van der Waals surface area contributed by atoms with Gasteiger partial charge in [-0.15, -0.1) is 24.0 Å². The molecule has 19 heavy (non-hydrogen) atoms. The van der Waals surface area contributed by atoms with Crippen molar-refractivity contribution in [2.45, 2.75) is 19.3 Å². The first-order chi connectivity index (χ1) is 8.79. The van der Waals surface area contributed by atoms with Gasteiger partial charge in [0.15, 0.2) is 5.96 Å². The average molecular weight is 399 g/mol. The topological polar surface area (TPSA) is 36.9 Å². The highest BCUT2D eigenvalue weighted by Crippen LogP contribution is 2.38. The van der Waals surface area contributed by atoms with Crippen LogP contribution in [0.15, 0.2) is 4.99 Å². The lowest BCUT2D eigenvalue weighted by molar-refractivity contribution is 0.156. The number of ether oxygens (including phenoxy) is 1. The maximum atomic E-state index is 5.57. The normalized spacial score (nSPS) is 26.8. The number of guanidine groups is 1. The van der Waals surface area contributed by atoms with Gasteiger partial charge >= 0.3 is 0 Å². The Morgan fingerprint density at radius 1 is 1.47 bits per heavy atom. The van der Waals surface area contributed by atoms with E-state index in [9.17, 15) is 0 Å². The summed E-state index contributed by atoms with van der Waals surface area (Å²) in [6, 6.07) is 0. The quantitative estimate of drug-likeness (QED) is 0.340. The van der Waals surface area contributed by atoms with Crippen molar-refractivity contribution in [3.8, 4) is 0 Å². The molecule has 1 unspecified atom stereocenters. The molecule has 2 aliphatic heterocycles. The van der Waals surface area contributed by atoms with Gasteiger partial charge in [-0.05, 0) is 31.3 Å². The number of hydrogen-bond donors (Lipinski definition) is 1. The lowest BCUT2D eigenvalue weighted by Gasteiger charge is -2.24. The summed E-state index contributed by atoms with van der Waals surface area (Å²) in [4.78, 5) is 6.80. The van der Waals surface area contributed by atoms with Crippen LogP contribution in [-0.2, 0) is 4.74 Å². The molecule has 2 fully saturated rings. The van der Waals surface area contributed by atoms with Crippen molar-refractivity contribution in [3.63, 3.8) is 0 Å². The van der Waals surface area contributed by atoms with Crippen LogP contribution in [0.3, 0.4) is 0 Å². The maximum Gasteiger partial charge on any atom is 0.193 e. The van der Waals surface area contributed by atoms with Gasteiger partial charge in [0, 0.05) is 38.7 Å². The van der Waals surface area contributed by atoms with E-state index in [0.717, 1.165) is 38.8 Å². The molecule has 0 amide bonds. The molecule has 1 atom stereocenters. The fraction of sp³-hybridized carbons (Fsp3) is 0.923. The summed E-state index contributed by atoms with van der Waals surface area (Å²) in [5.41, 5.74) is 0.414. The highest BCUT2D eigenvalue weighted by Gasteiger charge is 2.42. The molecule has 0 bridgehead atoms. The van der Waals surface area contributed by atoms with Crippen molar-refractivity contribution in [2.24, 2.45) is 10.4 Å². The second-order valence-corrected chi connectivity index (χ2v) is 6.28. The van der Waals surface area contributed by atoms with Crippen LogP contribution in [0.4, 0.5) is 0 Å². The molecule has 4 nitrogen and oxygen atoms in total. The zero-order valence-corrected chi connectivity index (χ0v) is 15.1. The molecule has 0 saturated carbocycles. The molecule has 0 aromatic rings. The van der Waals surface area contributed by atoms with Gasteiger partial charge in [0.2, 0.25) is 0 Å². The molecule has 2 rings (SSSR count). The standard InChI is InChI=1S/C13H25N3OS.HI/c1-14-12(15-6-3-9-18-2)16-7-4-13(10-16)5-8-17-11-13;/h3-11H2,1-2H3,(H,14,15);1H. The van der Waals surface area contributed by atoms with Crippen molar-refractivity contribution in [1.29, 1.82) is 0 Å². The van der Waals surface area contributed by atoms with Gasteiger partial charge in [0.05, 0.1) is 6.61 Å². The van der Waals surface area contributed by atoms with Crippen LogP contribution in [0.25, 0.3) is 0 Å². The Kier molecular flexibility index (Phi) is 7.83. The van der Waals surface area contributed by atoms with E-state index in [1.54, 1.807) is 0 Å². The Hall–Kier alpha value is 0.310. The maximum absolute atomic E-state index is 5.57. The summed E-state index contributed by atoms with van der Waals surface area (Å²) in [7, 11) is 1.88. The fourth-order valence-electron chi connectivity index (χ4n) is 2.84. The van der Waals surface area contributed by atoms with Crippen molar-refractivity contribution < 1.29 is 4.74 Å². The molecule has 1 N–H and O–H groups in total. The summed E-state index contributed by atoms with van der Waals surface area (Å²) in [5, 5.41) is 3.47. The number of likely N-dealkylation sites (tertiary alicyclic amines) is 1. The third-order valence-electron chi connectivity index (χ3n) is 3.94. The van der Waals surface area contributed by atoms with Gasteiger partial charge in [0.25, 0.3) is 0 Å². The molecule has 2 heterocycles. The van der Waals surface area contributed by atoms with Crippen LogP contribution in [0, 0.1) is 5.41 Å². The average Bonchev–Trinajstić information content (AvgIpc) is 3.01. The van der Waals surface area contributed by atoms with E-state index in [0.29, 0.717) is 5.41 Å². The summed E-state index contributed by atoms with van der Waals surface area (Å²) in [6.07, 6.45) is 5.81. The Balaban J connectivity index is 0.00000180. The minimum absolute atomic E-state index is 0. The lowest BCUT2D eigenvalue weighted by atomic mass is 9.87. The van der Waals surface area contributed by atoms with Crippen LogP contribution < -0.4 is 5.32 Å². The molecule has 0 aromatic carbocycles. The smallest absolute Gasteiger partial charge is 0.193 e. The largest absolute Gasteiger partial charge is 0.381 e. The molecular weight excluding hydrogens is 373 g/mol. The fourth-order valence-corrected chi connectivity index (χ4v) is 3.27. The second kappa shape index (κ2) is 8.56. The zero-order valence-electron chi connectivity index (χ0n) is 12.0. The highest BCUT2D eigenvalue weighted by molar-refractivity contribution is 14.0. The van der Waals surface area contributed by atoms with E-state index in [2.05, 4.69) is 21.5 Å². The van der Waals surface area contributed by atoms with Gasteiger partial charge in [-0.1, -0.05) is 0 Å². The number of nitrogens with zero attached hydrogens (tertiary/aromatic N) is 2. The SMILES string of the molecule is CN=C(NCCCSC)N1CCC2(CCOC2)C1.I. The highest BCUT2D eigenvalue weighted by atomic mass is 127. The molecule has 6 heteroatoms. The summed E-state index contributed by atoms with van der Waals surface area (Å²) < 4.78 is 5.57. The third-order valence-corrected chi connectivity index (χ3v) is 4.64. The first-order valence-electron chi connectivity index (χ1n) is 6.82. The number of nitrogens with one attached hydrogen (secondary N) is 1. The minimum Gasteiger partial charge on any atom is -0.381 e. The first-order valence-corrected chi connectivity index (χ1v) is 8.21. The number of rotatable bonds is 4. The second-order valence-electron chi connectivity index (χ2n) is 5.29. The van der Waals surface area contributed by atoms with E-state index in [4.69, 9.17) is 4.74 Å². The minimum atomic E-state index is 0. The molecule has 1 spiro atoms. The third kappa shape index (κ3) is 4.67. The van der Waals surface area contributed by atoms with Crippen molar-refractivity contribution >= 4 is 41.7 Å². The van der Waals surface area contributed by atoms with E-state index >= 15 is 0 Å². The number of halogens is 1. The first kappa shape index (κ1) is 17.4. The van der Waals surface area contributed by atoms with Crippen molar-refractivity contribution in [2.75, 3.05) is 51.9 Å². The lowest BCUT2D eigenvalue weighted by Crippen LogP contribution is -2.41. The Labute approximate surface area is 138 Å². The zero-order chi connectivity index (χ0) is 12.8. The molecule has 2 aliphatic rings. The van der Waals surface area contributed by atoms with E-state index < -0.39 is 0 Å². The van der Waals surface area contributed by atoms with Crippen LogP contribution in [0.1, 0.15) is 19.3 Å². The van der Waals surface area contributed by atoms with Crippen molar-refractivity contribution in [1.82, 2.24) is 10.2 Å². The van der Waals surface area contributed by atoms with Gasteiger partial charge < -0.3 is 15.0 Å². The Morgan fingerprint density at radius 3 is 2.95 bits per heavy atom. The summed E-state index contributed by atoms with van der Waals surface area (Å²) in [5.74, 6) is 2.28. The molecule has 112 valence electrons. The Bertz CT molecular complexity index is 296. The number of hydrogen-bond acceptors (Lipinski definition) is 3. The van der Waals surface area contributed by atoms with Crippen LogP contribution in [0.2, 0.25) is 0 Å². The van der Waals surface area contributed by atoms with Crippen LogP contribution >= 0.6 is 35.7 Å². The van der Waals surface area contributed by atoms with E-state index in [1.165, 1.54) is 25.0 Å². The van der Waals surface area contributed by atoms with Crippen LogP contribution in [0.5, 0.6) is 0 Å². The molecule has 2 saturated heterocycles. The van der Waals surface area contributed by atoms with E-state index in [1.807, 2.05) is 18.8 Å². The molecule has 0 radical (unpaired) electrons. The van der Waals surface area contributed by atoms with Gasteiger partial charge in [-0.25, -0.2) is 0 Å². The monoisotopic (exact) mass is 399 g/mol. The molecule has 0 aromatic heterocycles. The van der Waals surface area contributed by atoms with Gasteiger partial charge in [0.1, 0.15) is 0 Å².